The third kappa shape index (κ3) is 3.98. The summed E-state index contributed by atoms with van der Waals surface area (Å²) in [4.78, 5) is 25.4. The highest BCUT2D eigenvalue weighted by Crippen LogP contribution is 2.33. The Morgan fingerprint density at radius 1 is 1.50 bits per heavy atom. The number of ether oxygens (including phenoxy) is 1. The fourth-order valence-electron chi connectivity index (χ4n) is 2.46. The van der Waals surface area contributed by atoms with Gasteiger partial charge in [-0.05, 0) is 31.9 Å². The number of nitrogens with two attached hydrogens (primary N) is 1. The van der Waals surface area contributed by atoms with Crippen molar-refractivity contribution in [2.75, 3.05) is 23.9 Å². The van der Waals surface area contributed by atoms with Gasteiger partial charge in [-0.1, -0.05) is 0 Å². The highest BCUT2D eigenvalue weighted by molar-refractivity contribution is 5.97. The number of hydrogen-bond donors (Lipinski definition) is 2. The zero-order valence-corrected chi connectivity index (χ0v) is 13.1. The van der Waals surface area contributed by atoms with Gasteiger partial charge in [-0.25, -0.2) is 0 Å². The van der Waals surface area contributed by atoms with Gasteiger partial charge in [0.2, 0.25) is 11.8 Å². The number of rotatable bonds is 6. The molecule has 0 spiro atoms. The number of benzene rings is 1. The first-order chi connectivity index (χ1) is 10.5. The molecule has 0 saturated carbocycles. The third-order valence-corrected chi connectivity index (χ3v) is 3.65. The highest BCUT2D eigenvalue weighted by atomic mass is 16.5. The van der Waals surface area contributed by atoms with E-state index in [9.17, 15) is 9.59 Å². The number of amides is 2. The van der Waals surface area contributed by atoms with Crippen LogP contribution < -0.4 is 20.7 Å². The van der Waals surface area contributed by atoms with Crippen LogP contribution in [0.2, 0.25) is 0 Å². The SMILES string of the molecule is COc1cc(NC(=O)CCC(C)N)ccc1N1CCCC1=O. The van der Waals surface area contributed by atoms with Crippen molar-refractivity contribution in [3.63, 3.8) is 0 Å². The molecule has 22 heavy (non-hydrogen) atoms. The molecule has 1 aromatic rings. The predicted molar refractivity (Wildman–Crippen MR) is 86.1 cm³/mol. The van der Waals surface area contributed by atoms with Gasteiger partial charge in [-0.3, -0.25) is 9.59 Å². The average Bonchev–Trinajstić information content (AvgIpc) is 2.91. The molecule has 0 bridgehead atoms. The van der Waals surface area contributed by atoms with Gasteiger partial charge in [0.05, 0.1) is 12.8 Å². The van der Waals surface area contributed by atoms with E-state index in [4.69, 9.17) is 10.5 Å². The topological polar surface area (TPSA) is 84.7 Å². The van der Waals surface area contributed by atoms with Crippen LogP contribution in [0.4, 0.5) is 11.4 Å². The van der Waals surface area contributed by atoms with Crippen LogP contribution in [-0.4, -0.2) is 31.5 Å². The summed E-state index contributed by atoms with van der Waals surface area (Å²) in [7, 11) is 1.56. The van der Waals surface area contributed by atoms with Crippen molar-refractivity contribution in [2.45, 2.75) is 38.6 Å². The summed E-state index contributed by atoms with van der Waals surface area (Å²) in [6, 6.07) is 5.34. The lowest BCUT2D eigenvalue weighted by atomic mass is 10.2. The highest BCUT2D eigenvalue weighted by Gasteiger charge is 2.24. The Hall–Kier alpha value is -2.08. The molecular formula is C16H23N3O3. The van der Waals surface area contributed by atoms with Crippen molar-refractivity contribution >= 4 is 23.2 Å². The van der Waals surface area contributed by atoms with Gasteiger partial charge in [0.1, 0.15) is 5.75 Å². The minimum Gasteiger partial charge on any atom is -0.494 e. The predicted octanol–water partition coefficient (Wildman–Crippen LogP) is 1.89. The average molecular weight is 305 g/mol. The molecule has 3 N–H and O–H groups in total. The molecule has 120 valence electrons. The molecule has 1 heterocycles. The summed E-state index contributed by atoms with van der Waals surface area (Å²) in [5.41, 5.74) is 7.05. The van der Waals surface area contributed by atoms with Crippen LogP contribution in [0, 0.1) is 0 Å². The second-order valence-electron chi connectivity index (χ2n) is 5.60. The number of carbonyl (C=O) groups is 2. The molecule has 2 amide bonds. The molecule has 0 radical (unpaired) electrons. The van der Waals surface area contributed by atoms with Gasteiger partial charge in [-0.15, -0.1) is 0 Å². The second-order valence-corrected chi connectivity index (χ2v) is 5.60. The Kier molecular flexibility index (Phi) is 5.38. The van der Waals surface area contributed by atoms with E-state index in [1.54, 1.807) is 24.1 Å². The zero-order chi connectivity index (χ0) is 16.1. The minimum absolute atomic E-state index is 0.00356. The normalized spacial score (nSPS) is 15.8. The van der Waals surface area contributed by atoms with E-state index >= 15 is 0 Å². The lowest BCUT2D eigenvalue weighted by Gasteiger charge is -2.19. The molecule has 1 aliphatic heterocycles. The molecule has 1 saturated heterocycles. The van der Waals surface area contributed by atoms with Gasteiger partial charge in [-0.2, -0.15) is 0 Å². The molecule has 1 unspecified atom stereocenters. The molecule has 1 aromatic carbocycles. The molecule has 2 rings (SSSR count). The number of hydrogen-bond acceptors (Lipinski definition) is 4. The van der Waals surface area contributed by atoms with Crippen molar-refractivity contribution in [1.82, 2.24) is 0 Å². The van der Waals surface area contributed by atoms with Crippen LogP contribution in [-0.2, 0) is 9.59 Å². The fourth-order valence-corrected chi connectivity index (χ4v) is 2.46. The van der Waals surface area contributed by atoms with Gasteiger partial charge in [0, 0.05) is 37.2 Å². The fraction of sp³-hybridized carbons (Fsp3) is 0.500. The summed E-state index contributed by atoms with van der Waals surface area (Å²) < 4.78 is 5.36. The first-order valence-corrected chi connectivity index (χ1v) is 7.55. The Morgan fingerprint density at radius 3 is 2.86 bits per heavy atom. The van der Waals surface area contributed by atoms with Crippen LogP contribution in [0.15, 0.2) is 18.2 Å². The number of carbonyl (C=O) groups excluding carboxylic acids is 2. The zero-order valence-electron chi connectivity index (χ0n) is 13.1. The van der Waals surface area contributed by atoms with Crippen molar-refractivity contribution in [2.24, 2.45) is 5.73 Å². The summed E-state index contributed by atoms with van der Waals surface area (Å²) in [5, 5.41) is 2.82. The van der Waals surface area contributed by atoms with Crippen molar-refractivity contribution in [1.29, 1.82) is 0 Å². The largest absolute Gasteiger partial charge is 0.494 e. The maximum atomic E-state index is 11.8. The van der Waals surface area contributed by atoms with E-state index in [0.29, 0.717) is 37.2 Å². The van der Waals surface area contributed by atoms with Crippen molar-refractivity contribution in [3.05, 3.63) is 18.2 Å². The molecule has 1 fully saturated rings. The lowest BCUT2D eigenvalue weighted by molar-refractivity contribution is -0.117. The first-order valence-electron chi connectivity index (χ1n) is 7.55. The van der Waals surface area contributed by atoms with Gasteiger partial charge >= 0.3 is 0 Å². The number of nitrogens with one attached hydrogen (secondary N) is 1. The number of methoxy groups -OCH3 is 1. The van der Waals surface area contributed by atoms with Crippen LogP contribution in [0.5, 0.6) is 5.75 Å². The first kappa shape index (κ1) is 16.3. The smallest absolute Gasteiger partial charge is 0.227 e. The van der Waals surface area contributed by atoms with Gasteiger partial charge < -0.3 is 20.7 Å². The molecule has 0 aromatic heterocycles. The van der Waals surface area contributed by atoms with Gasteiger partial charge in [0.15, 0.2) is 0 Å². The Labute approximate surface area is 130 Å². The number of anilines is 2. The monoisotopic (exact) mass is 305 g/mol. The summed E-state index contributed by atoms with van der Waals surface area (Å²) in [5.74, 6) is 0.608. The molecular weight excluding hydrogens is 282 g/mol. The summed E-state index contributed by atoms with van der Waals surface area (Å²) >= 11 is 0. The molecule has 6 nitrogen and oxygen atoms in total. The summed E-state index contributed by atoms with van der Waals surface area (Å²) in [6.45, 7) is 2.58. The maximum absolute atomic E-state index is 11.8. The van der Waals surface area contributed by atoms with Crippen LogP contribution in [0.25, 0.3) is 0 Å². The van der Waals surface area contributed by atoms with E-state index in [-0.39, 0.29) is 17.9 Å². The van der Waals surface area contributed by atoms with Crippen LogP contribution in [0.3, 0.4) is 0 Å². The standard InChI is InChI=1S/C16H23N3O3/c1-11(17)5-8-15(20)18-12-6-7-13(14(10-12)22-2)19-9-3-4-16(19)21/h6-7,10-11H,3-5,8-9,17H2,1-2H3,(H,18,20). The van der Waals surface area contributed by atoms with E-state index in [1.807, 2.05) is 13.0 Å². The van der Waals surface area contributed by atoms with E-state index in [2.05, 4.69) is 5.32 Å². The Balaban J connectivity index is 2.08. The molecule has 6 heteroatoms. The third-order valence-electron chi connectivity index (χ3n) is 3.65. The maximum Gasteiger partial charge on any atom is 0.227 e. The molecule has 0 aliphatic carbocycles. The van der Waals surface area contributed by atoms with E-state index in [0.717, 1.165) is 12.1 Å². The van der Waals surface area contributed by atoms with Gasteiger partial charge in [0.25, 0.3) is 0 Å². The lowest BCUT2D eigenvalue weighted by Crippen LogP contribution is -2.24. The number of nitrogens with zero attached hydrogens (tertiary/aromatic N) is 1. The van der Waals surface area contributed by atoms with Crippen LogP contribution in [0.1, 0.15) is 32.6 Å². The second kappa shape index (κ2) is 7.26. The van der Waals surface area contributed by atoms with Crippen LogP contribution >= 0.6 is 0 Å². The Bertz CT molecular complexity index is 558. The van der Waals surface area contributed by atoms with E-state index in [1.165, 1.54) is 0 Å². The molecule has 1 aliphatic rings. The quantitative estimate of drug-likeness (QED) is 0.840. The Morgan fingerprint density at radius 2 is 2.27 bits per heavy atom. The molecule has 1 atom stereocenters. The summed E-state index contributed by atoms with van der Waals surface area (Å²) in [6.07, 6.45) is 2.45. The van der Waals surface area contributed by atoms with Crippen molar-refractivity contribution in [3.8, 4) is 5.75 Å². The van der Waals surface area contributed by atoms with Crippen molar-refractivity contribution < 1.29 is 14.3 Å². The van der Waals surface area contributed by atoms with E-state index < -0.39 is 0 Å². The minimum atomic E-state index is -0.0793.